The predicted octanol–water partition coefficient (Wildman–Crippen LogP) is 3.50. The molecule has 1 fully saturated rings. The maximum Gasteiger partial charge on any atom is 0.227 e. The fraction of sp³-hybridized carbons (Fsp3) is 0.304. The van der Waals surface area contributed by atoms with Crippen LogP contribution in [0.1, 0.15) is 23.1 Å². The molecule has 1 aromatic heterocycles. The summed E-state index contributed by atoms with van der Waals surface area (Å²) in [7, 11) is 0. The molecule has 28 heavy (non-hydrogen) atoms. The minimum atomic E-state index is -0.296. The van der Waals surface area contributed by atoms with Crippen LogP contribution in [0.15, 0.2) is 48.7 Å². The predicted molar refractivity (Wildman–Crippen MR) is 111 cm³/mol. The summed E-state index contributed by atoms with van der Waals surface area (Å²) in [4.78, 5) is 30.1. The number of carbonyl (C=O) groups is 2. The first-order chi connectivity index (χ1) is 13.5. The lowest BCUT2D eigenvalue weighted by molar-refractivity contribution is -0.126. The molecule has 2 amide bonds. The molecule has 0 saturated carbocycles. The molecule has 1 saturated heterocycles. The quantitative estimate of drug-likeness (QED) is 0.717. The molecule has 2 N–H and O–H groups in total. The molecule has 1 unspecified atom stereocenters. The number of para-hydroxylation sites is 1. The molecule has 3 aromatic rings. The molecule has 0 radical (unpaired) electrons. The summed E-state index contributed by atoms with van der Waals surface area (Å²) in [5.41, 5.74) is 5.46. The van der Waals surface area contributed by atoms with E-state index in [9.17, 15) is 9.59 Å². The van der Waals surface area contributed by atoms with Gasteiger partial charge in [-0.15, -0.1) is 0 Å². The number of benzene rings is 2. The van der Waals surface area contributed by atoms with Gasteiger partial charge < -0.3 is 15.2 Å². The van der Waals surface area contributed by atoms with Crippen LogP contribution in [0, 0.1) is 19.8 Å². The van der Waals surface area contributed by atoms with Crippen LogP contribution in [0.3, 0.4) is 0 Å². The fourth-order valence-corrected chi connectivity index (χ4v) is 3.95. The van der Waals surface area contributed by atoms with Crippen molar-refractivity contribution in [2.75, 3.05) is 18.0 Å². The van der Waals surface area contributed by atoms with Gasteiger partial charge in [0.05, 0.1) is 5.92 Å². The van der Waals surface area contributed by atoms with Crippen LogP contribution in [-0.2, 0) is 16.0 Å². The Hall–Kier alpha value is -3.08. The lowest BCUT2D eigenvalue weighted by Crippen LogP contribution is -2.34. The number of hydrogen-bond donors (Lipinski definition) is 2. The van der Waals surface area contributed by atoms with Gasteiger partial charge in [-0.25, -0.2) is 0 Å². The minimum absolute atomic E-state index is 0.0190. The number of anilines is 1. The summed E-state index contributed by atoms with van der Waals surface area (Å²) in [6.07, 6.45) is 3.03. The number of amides is 2. The van der Waals surface area contributed by atoms with E-state index in [1.807, 2.05) is 56.4 Å². The molecule has 1 atom stereocenters. The van der Waals surface area contributed by atoms with Crippen molar-refractivity contribution in [2.45, 2.75) is 26.7 Å². The molecular formula is C23H25N3O2. The highest BCUT2D eigenvalue weighted by Crippen LogP contribution is 2.29. The molecule has 1 aliphatic heterocycles. The van der Waals surface area contributed by atoms with Gasteiger partial charge in [-0.1, -0.05) is 30.3 Å². The number of hydrogen-bond acceptors (Lipinski definition) is 2. The van der Waals surface area contributed by atoms with Crippen LogP contribution in [0.4, 0.5) is 5.69 Å². The number of nitrogens with zero attached hydrogens (tertiary/aromatic N) is 1. The van der Waals surface area contributed by atoms with Crippen LogP contribution >= 0.6 is 0 Å². The van der Waals surface area contributed by atoms with E-state index in [0.29, 0.717) is 13.1 Å². The molecule has 0 aliphatic carbocycles. The summed E-state index contributed by atoms with van der Waals surface area (Å²) in [6, 6.07) is 14.1. The van der Waals surface area contributed by atoms with E-state index in [0.717, 1.165) is 28.8 Å². The highest BCUT2D eigenvalue weighted by molar-refractivity contribution is 6.01. The van der Waals surface area contributed by atoms with E-state index in [1.165, 1.54) is 10.9 Å². The third-order valence-electron chi connectivity index (χ3n) is 5.73. The van der Waals surface area contributed by atoms with E-state index in [1.54, 1.807) is 4.90 Å². The van der Waals surface area contributed by atoms with Crippen molar-refractivity contribution < 1.29 is 9.59 Å². The van der Waals surface area contributed by atoms with E-state index >= 15 is 0 Å². The lowest BCUT2D eigenvalue weighted by Gasteiger charge is -2.20. The van der Waals surface area contributed by atoms with Crippen LogP contribution in [0.2, 0.25) is 0 Å². The highest BCUT2D eigenvalue weighted by atomic mass is 16.2. The van der Waals surface area contributed by atoms with Crippen molar-refractivity contribution >= 4 is 28.4 Å². The van der Waals surface area contributed by atoms with Gasteiger partial charge in [-0.2, -0.15) is 0 Å². The van der Waals surface area contributed by atoms with Crippen LogP contribution in [0.5, 0.6) is 0 Å². The molecule has 0 bridgehead atoms. The van der Waals surface area contributed by atoms with Gasteiger partial charge in [0.2, 0.25) is 11.8 Å². The summed E-state index contributed by atoms with van der Waals surface area (Å²) >= 11 is 0. The summed E-state index contributed by atoms with van der Waals surface area (Å²) < 4.78 is 0. The van der Waals surface area contributed by atoms with Crippen molar-refractivity contribution in [3.05, 3.63) is 65.4 Å². The summed E-state index contributed by atoms with van der Waals surface area (Å²) in [6.45, 7) is 5.07. The first kappa shape index (κ1) is 18.3. The van der Waals surface area contributed by atoms with Crippen molar-refractivity contribution in [1.29, 1.82) is 0 Å². The molecule has 144 valence electrons. The summed E-state index contributed by atoms with van der Waals surface area (Å²) in [5.74, 6) is -0.318. The Morgan fingerprint density at radius 2 is 2.00 bits per heavy atom. The average molecular weight is 375 g/mol. The molecule has 4 rings (SSSR count). The van der Waals surface area contributed by atoms with Gasteiger partial charge in [-0.05, 0) is 49.1 Å². The molecule has 0 spiro atoms. The van der Waals surface area contributed by atoms with Gasteiger partial charge in [-0.3, -0.25) is 9.59 Å². The second kappa shape index (κ2) is 7.50. The second-order valence-electron chi connectivity index (χ2n) is 7.52. The van der Waals surface area contributed by atoms with Crippen molar-refractivity contribution in [1.82, 2.24) is 10.3 Å². The molecule has 2 aromatic carbocycles. The van der Waals surface area contributed by atoms with Crippen molar-refractivity contribution in [3.8, 4) is 0 Å². The zero-order valence-corrected chi connectivity index (χ0v) is 16.3. The van der Waals surface area contributed by atoms with Crippen LogP contribution < -0.4 is 10.2 Å². The number of rotatable bonds is 5. The third kappa shape index (κ3) is 3.40. The highest BCUT2D eigenvalue weighted by Gasteiger charge is 2.35. The topological polar surface area (TPSA) is 65.2 Å². The minimum Gasteiger partial charge on any atom is -0.361 e. The smallest absolute Gasteiger partial charge is 0.227 e. The Labute approximate surface area is 164 Å². The van der Waals surface area contributed by atoms with Crippen molar-refractivity contribution in [3.63, 3.8) is 0 Å². The standard InChI is InChI=1S/C23H25N3O2/c1-15-6-5-9-21(16(15)2)26-14-18(12-22(26)27)23(28)24-11-10-17-13-25-20-8-4-3-7-19(17)20/h3-9,13,18,25H,10-12,14H2,1-2H3,(H,24,28). The summed E-state index contributed by atoms with van der Waals surface area (Å²) in [5, 5.41) is 4.20. The molecule has 1 aliphatic rings. The van der Waals surface area contributed by atoms with E-state index < -0.39 is 0 Å². The molecule has 5 heteroatoms. The molecular weight excluding hydrogens is 350 g/mol. The fourth-order valence-electron chi connectivity index (χ4n) is 3.95. The molecule has 2 heterocycles. The van der Waals surface area contributed by atoms with Gasteiger partial charge >= 0.3 is 0 Å². The first-order valence-electron chi connectivity index (χ1n) is 9.74. The zero-order valence-electron chi connectivity index (χ0n) is 16.3. The van der Waals surface area contributed by atoms with Crippen LogP contribution in [-0.4, -0.2) is 29.9 Å². The van der Waals surface area contributed by atoms with Crippen molar-refractivity contribution in [2.24, 2.45) is 5.92 Å². The number of aromatic amines is 1. The lowest BCUT2D eigenvalue weighted by atomic mass is 10.1. The largest absolute Gasteiger partial charge is 0.361 e. The number of aryl methyl sites for hydroxylation is 1. The van der Waals surface area contributed by atoms with Gasteiger partial charge in [0.25, 0.3) is 0 Å². The Bertz CT molecular complexity index is 1040. The van der Waals surface area contributed by atoms with E-state index in [2.05, 4.69) is 16.4 Å². The first-order valence-corrected chi connectivity index (χ1v) is 9.74. The Morgan fingerprint density at radius 1 is 1.18 bits per heavy atom. The maximum absolute atomic E-state index is 12.6. The maximum atomic E-state index is 12.6. The third-order valence-corrected chi connectivity index (χ3v) is 5.73. The number of aromatic nitrogens is 1. The number of nitrogens with one attached hydrogen (secondary N) is 2. The van der Waals surface area contributed by atoms with Crippen LogP contribution in [0.25, 0.3) is 10.9 Å². The SMILES string of the molecule is Cc1cccc(N2CC(C(=O)NCCc3c[nH]c4ccccc34)CC2=O)c1C. The Morgan fingerprint density at radius 3 is 2.86 bits per heavy atom. The van der Waals surface area contributed by atoms with Gasteiger partial charge in [0.1, 0.15) is 0 Å². The Kier molecular flexibility index (Phi) is 4.90. The van der Waals surface area contributed by atoms with Gasteiger partial charge in [0.15, 0.2) is 0 Å². The second-order valence-corrected chi connectivity index (χ2v) is 7.52. The van der Waals surface area contributed by atoms with Gasteiger partial charge in [0, 0.05) is 42.3 Å². The number of fused-ring (bicyclic) bond motifs is 1. The monoisotopic (exact) mass is 375 g/mol. The average Bonchev–Trinajstić information content (AvgIpc) is 3.28. The Balaban J connectivity index is 1.36. The van der Waals surface area contributed by atoms with E-state index in [-0.39, 0.29) is 24.2 Å². The van der Waals surface area contributed by atoms with E-state index in [4.69, 9.17) is 0 Å². The zero-order chi connectivity index (χ0) is 19.7. The molecule has 5 nitrogen and oxygen atoms in total. The number of carbonyl (C=O) groups excluding carboxylic acids is 2. The normalized spacial score (nSPS) is 16.7. The number of H-pyrrole nitrogens is 1.